The lowest BCUT2D eigenvalue weighted by atomic mass is 10.4. The normalized spacial score (nSPS) is 11.1. The molecule has 6 nitrogen and oxygen atoms in total. The van der Waals surface area contributed by atoms with E-state index in [-0.39, 0.29) is 0 Å². The molecule has 6 heteroatoms. The standard InChI is InChI=1S/C12H20N6/c1-10(2)18-5-3-12(16-18)14-7-11-8-17(6-4-13)9-15-11/h3,5,8-10H,4,6-7,13H2,1-2H3,(H,14,16). The smallest absolute Gasteiger partial charge is 0.148 e. The second-order valence-electron chi connectivity index (χ2n) is 4.52. The lowest BCUT2D eigenvalue weighted by Gasteiger charge is -2.04. The first-order valence-electron chi connectivity index (χ1n) is 6.19. The summed E-state index contributed by atoms with van der Waals surface area (Å²) in [6.07, 6.45) is 5.77. The molecular formula is C12H20N6. The van der Waals surface area contributed by atoms with Crippen LogP contribution in [0.1, 0.15) is 25.6 Å². The summed E-state index contributed by atoms with van der Waals surface area (Å²) in [5, 5.41) is 7.67. The van der Waals surface area contributed by atoms with Crippen molar-refractivity contribution < 1.29 is 0 Å². The topological polar surface area (TPSA) is 73.7 Å². The molecule has 0 atom stereocenters. The number of aromatic nitrogens is 4. The minimum absolute atomic E-state index is 0.379. The quantitative estimate of drug-likeness (QED) is 0.806. The van der Waals surface area contributed by atoms with E-state index in [4.69, 9.17) is 5.73 Å². The van der Waals surface area contributed by atoms with Crippen molar-refractivity contribution in [2.75, 3.05) is 11.9 Å². The highest BCUT2D eigenvalue weighted by atomic mass is 15.3. The Kier molecular flexibility index (Phi) is 3.99. The second kappa shape index (κ2) is 5.68. The van der Waals surface area contributed by atoms with E-state index < -0.39 is 0 Å². The van der Waals surface area contributed by atoms with Gasteiger partial charge in [0.15, 0.2) is 0 Å². The molecule has 98 valence electrons. The number of anilines is 1. The third kappa shape index (κ3) is 3.10. The van der Waals surface area contributed by atoms with E-state index in [2.05, 4.69) is 29.2 Å². The van der Waals surface area contributed by atoms with Gasteiger partial charge in [0.1, 0.15) is 5.82 Å². The molecular weight excluding hydrogens is 228 g/mol. The van der Waals surface area contributed by atoms with Crippen molar-refractivity contribution in [2.24, 2.45) is 5.73 Å². The predicted molar refractivity (Wildman–Crippen MR) is 71.2 cm³/mol. The number of nitrogens with zero attached hydrogens (tertiary/aromatic N) is 4. The molecule has 0 aliphatic carbocycles. The van der Waals surface area contributed by atoms with Crippen LogP contribution in [0.3, 0.4) is 0 Å². The van der Waals surface area contributed by atoms with Gasteiger partial charge in [0, 0.05) is 37.6 Å². The number of rotatable bonds is 6. The number of nitrogens with one attached hydrogen (secondary N) is 1. The van der Waals surface area contributed by atoms with Crippen LogP contribution in [0.25, 0.3) is 0 Å². The van der Waals surface area contributed by atoms with E-state index in [1.54, 1.807) is 6.33 Å². The van der Waals surface area contributed by atoms with Gasteiger partial charge in [0.25, 0.3) is 0 Å². The van der Waals surface area contributed by atoms with Gasteiger partial charge in [0.2, 0.25) is 0 Å². The molecule has 0 unspecified atom stereocenters. The molecule has 2 heterocycles. The van der Waals surface area contributed by atoms with Gasteiger partial charge in [-0.15, -0.1) is 0 Å². The summed E-state index contributed by atoms with van der Waals surface area (Å²) in [5.74, 6) is 0.872. The van der Waals surface area contributed by atoms with Gasteiger partial charge in [0.05, 0.1) is 18.6 Å². The van der Waals surface area contributed by atoms with E-state index in [1.807, 2.05) is 27.7 Å². The van der Waals surface area contributed by atoms with E-state index in [0.717, 1.165) is 18.1 Å². The van der Waals surface area contributed by atoms with Crippen molar-refractivity contribution in [3.05, 3.63) is 30.5 Å². The lowest BCUT2D eigenvalue weighted by Crippen LogP contribution is -2.08. The summed E-state index contributed by atoms with van der Waals surface area (Å²) >= 11 is 0. The van der Waals surface area contributed by atoms with Crippen LogP contribution in [-0.2, 0) is 13.1 Å². The Morgan fingerprint density at radius 3 is 2.94 bits per heavy atom. The van der Waals surface area contributed by atoms with Crippen molar-refractivity contribution in [1.29, 1.82) is 0 Å². The number of hydrogen-bond donors (Lipinski definition) is 2. The predicted octanol–water partition coefficient (Wildman–Crippen LogP) is 1.23. The van der Waals surface area contributed by atoms with Crippen LogP contribution in [0.5, 0.6) is 0 Å². The maximum absolute atomic E-state index is 5.49. The second-order valence-corrected chi connectivity index (χ2v) is 4.52. The van der Waals surface area contributed by atoms with Gasteiger partial charge < -0.3 is 15.6 Å². The fraction of sp³-hybridized carbons (Fsp3) is 0.500. The minimum atomic E-state index is 0.379. The fourth-order valence-electron chi connectivity index (χ4n) is 1.67. The summed E-state index contributed by atoms with van der Waals surface area (Å²) in [6.45, 7) is 6.31. The van der Waals surface area contributed by atoms with Gasteiger partial charge in [-0.3, -0.25) is 4.68 Å². The van der Waals surface area contributed by atoms with Crippen molar-refractivity contribution in [3.63, 3.8) is 0 Å². The monoisotopic (exact) mass is 248 g/mol. The highest BCUT2D eigenvalue weighted by molar-refractivity contribution is 5.32. The maximum atomic E-state index is 5.49. The Morgan fingerprint density at radius 2 is 2.28 bits per heavy atom. The highest BCUT2D eigenvalue weighted by Gasteiger charge is 2.03. The zero-order chi connectivity index (χ0) is 13.0. The molecule has 0 fully saturated rings. The van der Waals surface area contributed by atoms with Crippen LogP contribution in [0.15, 0.2) is 24.8 Å². The zero-order valence-electron chi connectivity index (χ0n) is 10.9. The summed E-state index contributed by atoms with van der Waals surface area (Å²) < 4.78 is 3.92. The molecule has 2 aromatic rings. The molecule has 0 amide bonds. The van der Waals surface area contributed by atoms with Gasteiger partial charge in [-0.05, 0) is 13.8 Å². The zero-order valence-corrected chi connectivity index (χ0v) is 10.9. The minimum Gasteiger partial charge on any atom is -0.363 e. The van der Waals surface area contributed by atoms with Crippen LogP contribution in [-0.4, -0.2) is 25.9 Å². The number of imidazole rings is 1. The first-order valence-corrected chi connectivity index (χ1v) is 6.19. The van der Waals surface area contributed by atoms with Crippen LogP contribution >= 0.6 is 0 Å². The SMILES string of the molecule is CC(C)n1ccc(NCc2cn(CCN)cn2)n1. The first-order chi connectivity index (χ1) is 8.69. The summed E-state index contributed by atoms with van der Waals surface area (Å²) in [5.41, 5.74) is 6.48. The largest absolute Gasteiger partial charge is 0.363 e. The molecule has 0 aliphatic heterocycles. The fourth-order valence-corrected chi connectivity index (χ4v) is 1.67. The molecule has 3 N–H and O–H groups in total. The lowest BCUT2D eigenvalue weighted by molar-refractivity contribution is 0.534. The Hall–Kier alpha value is -1.82. The van der Waals surface area contributed by atoms with Crippen LogP contribution < -0.4 is 11.1 Å². The van der Waals surface area contributed by atoms with Crippen molar-refractivity contribution in [2.45, 2.75) is 33.0 Å². The molecule has 0 bridgehead atoms. The van der Waals surface area contributed by atoms with Crippen molar-refractivity contribution in [1.82, 2.24) is 19.3 Å². The molecule has 0 spiro atoms. The summed E-state index contributed by atoms with van der Waals surface area (Å²) in [6, 6.07) is 2.35. The van der Waals surface area contributed by atoms with Crippen molar-refractivity contribution >= 4 is 5.82 Å². The average Bonchev–Trinajstić information content (AvgIpc) is 2.95. The Labute approximate surface area is 107 Å². The summed E-state index contributed by atoms with van der Waals surface area (Å²) in [7, 11) is 0. The van der Waals surface area contributed by atoms with Crippen LogP contribution in [0.2, 0.25) is 0 Å². The molecule has 0 saturated carbocycles. The number of nitrogens with two attached hydrogens (primary N) is 1. The first kappa shape index (κ1) is 12.6. The Bertz CT molecular complexity index is 484. The third-order valence-electron chi connectivity index (χ3n) is 2.66. The molecule has 0 aliphatic rings. The van der Waals surface area contributed by atoms with Gasteiger partial charge in [-0.2, -0.15) is 5.10 Å². The van der Waals surface area contributed by atoms with E-state index >= 15 is 0 Å². The maximum Gasteiger partial charge on any atom is 0.148 e. The average molecular weight is 248 g/mol. The molecule has 2 aromatic heterocycles. The van der Waals surface area contributed by atoms with Gasteiger partial charge >= 0.3 is 0 Å². The van der Waals surface area contributed by atoms with Gasteiger partial charge in [-0.1, -0.05) is 0 Å². The molecule has 18 heavy (non-hydrogen) atoms. The number of hydrogen-bond acceptors (Lipinski definition) is 4. The van der Waals surface area contributed by atoms with E-state index in [0.29, 0.717) is 19.1 Å². The molecule has 0 aromatic carbocycles. The molecule has 0 saturated heterocycles. The van der Waals surface area contributed by atoms with Crippen LogP contribution in [0.4, 0.5) is 5.82 Å². The van der Waals surface area contributed by atoms with Crippen molar-refractivity contribution in [3.8, 4) is 0 Å². The Balaban J connectivity index is 1.89. The Morgan fingerprint density at radius 1 is 1.44 bits per heavy atom. The van der Waals surface area contributed by atoms with Crippen LogP contribution in [0, 0.1) is 0 Å². The molecule has 2 rings (SSSR count). The molecule has 0 radical (unpaired) electrons. The third-order valence-corrected chi connectivity index (χ3v) is 2.66. The van der Waals surface area contributed by atoms with E-state index in [9.17, 15) is 0 Å². The van der Waals surface area contributed by atoms with Gasteiger partial charge in [-0.25, -0.2) is 4.98 Å². The van der Waals surface area contributed by atoms with E-state index in [1.165, 1.54) is 0 Å². The summed E-state index contributed by atoms with van der Waals surface area (Å²) in [4.78, 5) is 4.30. The highest BCUT2D eigenvalue weighted by Crippen LogP contribution is 2.09.